The van der Waals surface area contributed by atoms with E-state index in [1.165, 1.54) is 23.3 Å². The Kier molecular flexibility index (Phi) is 36.5. The Labute approximate surface area is 452 Å². The predicted octanol–water partition coefficient (Wildman–Crippen LogP) is 14.5. The summed E-state index contributed by atoms with van der Waals surface area (Å²) in [6.45, 7) is 0.914. The first-order valence-corrected chi connectivity index (χ1v) is 23.4. The van der Waals surface area contributed by atoms with Crippen LogP contribution in [-0.2, 0) is 70.9 Å². The molecule has 0 aliphatic carbocycles. The van der Waals surface area contributed by atoms with Crippen molar-refractivity contribution in [2.45, 2.75) is 53.2 Å². The number of unbranched alkanes of at least 4 members (excludes halogenated alkanes) is 2. The number of thiol groups is 3. The first-order valence-electron chi connectivity index (χ1n) is 22.0. The fourth-order valence-electron chi connectivity index (χ4n) is 5.64. The van der Waals surface area contributed by atoms with Crippen LogP contribution in [0.15, 0.2) is 227 Å². The Balaban J connectivity index is 0.000000477. The van der Waals surface area contributed by atoms with E-state index in [9.17, 15) is 9.59 Å². The summed E-state index contributed by atoms with van der Waals surface area (Å²) >= 11 is 12.3. The Bertz CT molecular complexity index is 2170. The van der Waals surface area contributed by atoms with Gasteiger partial charge in [0.05, 0.1) is 27.4 Å². The van der Waals surface area contributed by atoms with E-state index >= 15 is 0 Å². The molecule has 0 heterocycles. The summed E-state index contributed by atoms with van der Waals surface area (Å²) in [5, 5.41) is 0. The average molecular weight is 1150 g/mol. The summed E-state index contributed by atoms with van der Waals surface area (Å²) in [5.41, 5.74) is 4.51. The van der Waals surface area contributed by atoms with E-state index in [1.54, 1.807) is 26.4 Å². The van der Waals surface area contributed by atoms with Crippen molar-refractivity contribution >= 4 is 62.0 Å². The molecule has 0 spiro atoms. The molecule has 2 radical (unpaired) electrons. The summed E-state index contributed by atoms with van der Waals surface area (Å²) < 4.78 is 20.6. The number of ether oxygens (including phenoxy) is 4. The van der Waals surface area contributed by atoms with Gasteiger partial charge in [-0.15, -0.1) is 37.9 Å². The van der Waals surface area contributed by atoms with E-state index in [0.717, 1.165) is 75.8 Å². The first kappa shape index (κ1) is 61.9. The number of aryl methyl sites for hydroxylation is 2. The molecule has 6 nitrogen and oxygen atoms in total. The third-order valence-corrected chi connectivity index (χ3v) is 10.1. The standard InChI is InChI=1S/2C20H22O3.3C6H6S.2Ru/c2*1-22-19-13-10-18(11-14-19)12-15-20(21)23-16-6-5-9-17-7-3-2-4-8-17;3*7-6-4-2-1-3-5-6;;/h2*2-4,7-8,10-15H,5-6,9,16H2,1H3;3*1-5,7H;;/q;;;;;2*+3/b2*15-12+;;;;;. The number of hydrogen-bond donors (Lipinski definition) is 3. The summed E-state index contributed by atoms with van der Waals surface area (Å²) in [4.78, 5) is 26.3. The van der Waals surface area contributed by atoms with Gasteiger partial charge in [-0.3, -0.25) is 0 Å². The van der Waals surface area contributed by atoms with Gasteiger partial charge in [0.2, 0.25) is 0 Å². The van der Waals surface area contributed by atoms with Gasteiger partial charge in [-0.1, -0.05) is 140 Å². The van der Waals surface area contributed by atoms with Crippen LogP contribution >= 0.6 is 37.9 Å². The normalized spacial score (nSPS) is 9.75. The second kappa shape index (κ2) is 40.7. The zero-order valence-electron chi connectivity index (χ0n) is 39.0. The molecular weight excluding hydrogens is 1090 g/mol. The van der Waals surface area contributed by atoms with E-state index in [4.69, 9.17) is 18.9 Å². The van der Waals surface area contributed by atoms with Crippen LogP contribution in [0.3, 0.4) is 0 Å². The van der Waals surface area contributed by atoms with E-state index < -0.39 is 0 Å². The molecule has 0 fully saturated rings. The molecule has 0 aliphatic heterocycles. The molecule has 0 atom stereocenters. The SMILES string of the molecule is COc1ccc(/C=C/C(=O)OCCCCc2ccccc2)cc1.COc1ccc(/C=C/C(=O)OCCCCc2ccccc2)cc1.Sc1ccccc1.Sc1ccccc1.Sc1ccccc1.[Ru+3].[Ru+3]. The molecule has 0 aromatic heterocycles. The Morgan fingerprint density at radius 2 is 0.667 bits per heavy atom. The van der Waals surface area contributed by atoms with Crippen molar-refractivity contribution in [2.24, 2.45) is 0 Å². The number of carbonyl (C=O) groups is 2. The van der Waals surface area contributed by atoms with E-state index in [1.807, 2.05) is 176 Å². The molecule has 0 bridgehead atoms. The van der Waals surface area contributed by atoms with Crippen LogP contribution in [0.4, 0.5) is 0 Å². The van der Waals surface area contributed by atoms with Crippen LogP contribution in [0.2, 0.25) is 0 Å². The van der Waals surface area contributed by atoms with Crippen LogP contribution < -0.4 is 9.47 Å². The zero-order valence-corrected chi connectivity index (χ0v) is 45.2. The van der Waals surface area contributed by atoms with Crippen LogP contribution in [-0.4, -0.2) is 39.4 Å². The molecule has 358 valence electrons. The van der Waals surface area contributed by atoms with Gasteiger partial charge in [0.1, 0.15) is 11.5 Å². The molecular formula is C58H62O6Ru2S3+6. The second-order valence-corrected chi connectivity index (χ2v) is 16.0. The summed E-state index contributed by atoms with van der Waals surface area (Å²) in [5.74, 6) is 0.979. The van der Waals surface area contributed by atoms with Crippen molar-refractivity contribution in [1.82, 2.24) is 0 Å². The first-order chi connectivity index (χ1) is 32.7. The number of esters is 2. The van der Waals surface area contributed by atoms with Crippen molar-refractivity contribution in [3.63, 3.8) is 0 Å². The van der Waals surface area contributed by atoms with Gasteiger partial charge in [0, 0.05) is 26.8 Å². The Morgan fingerprint density at radius 1 is 0.391 bits per heavy atom. The number of benzene rings is 7. The van der Waals surface area contributed by atoms with Gasteiger partial charge in [-0.05, 0) is 134 Å². The molecule has 0 amide bonds. The van der Waals surface area contributed by atoms with Gasteiger partial charge < -0.3 is 18.9 Å². The Hall–Kier alpha value is -5.14. The van der Waals surface area contributed by atoms with E-state index in [-0.39, 0.29) is 50.9 Å². The van der Waals surface area contributed by atoms with Crippen LogP contribution in [0.25, 0.3) is 12.2 Å². The van der Waals surface area contributed by atoms with E-state index in [0.29, 0.717) is 13.2 Å². The summed E-state index contributed by atoms with van der Waals surface area (Å²) in [6, 6.07) is 65.0. The number of methoxy groups -OCH3 is 2. The molecule has 0 saturated carbocycles. The summed E-state index contributed by atoms with van der Waals surface area (Å²) in [7, 11) is 3.25. The molecule has 7 aromatic rings. The van der Waals surface area contributed by atoms with E-state index in [2.05, 4.69) is 62.2 Å². The number of hydrogen-bond acceptors (Lipinski definition) is 9. The van der Waals surface area contributed by atoms with Crippen molar-refractivity contribution in [2.75, 3.05) is 27.4 Å². The summed E-state index contributed by atoms with van der Waals surface area (Å²) in [6.07, 6.45) is 12.2. The molecule has 11 heteroatoms. The minimum absolute atomic E-state index is 0. The van der Waals surface area contributed by atoms with Crippen molar-refractivity contribution in [3.05, 3.63) is 235 Å². The molecule has 0 unspecified atom stereocenters. The Morgan fingerprint density at radius 3 is 0.913 bits per heavy atom. The second-order valence-electron chi connectivity index (χ2n) is 14.4. The number of rotatable bonds is 16. The minimum Gasteiger partial charge on any atom is -0.497 e. The maximum atomic E-state index is 11.6. The minimum atomic E-state index is -0.305. The van der Waals surface area contributed by atoms with Gasteiger partial charge in [-0.25, -0.2) is 9.59 Å². The van der Waals surface area contributed by atoms with Crippen molar-refractivity contribution in [3.8, 4) is 11.5 Å². The quantitative estimate of drug-likeness (QED) is 0.0294. The number of carbonyl (C=O) groups excluding carboxylic acids is 2. The van der Waals surface area contributed by atoms with Gasteiger partial charge in [0.25, 0.3) is 0 Å². The maximum absolute atomic E-state index is 11.6. The van der Waals surface area contributed by atoms with Gasteiger partial charge in [-0.2, -0.15) is 0 Å². The predicted molar refractivity (Wildman–Crippen MR) is 286 cm³/mol. The molecule has 0 N–H and O–H groups in total. The molecule has 0 aliphatic rings. The topological polar surface area (TPSA) is 71.1 Å². The fraction of sp³-hybridized carbons (Fsp3) is 0.172. The van der Waals surface area contributed by atoms with Gasteiger partial charge >= 0.3 is 50.9 Å². The fourth-order valence-corrected chi connectivity index (χ4v) is 6.15. The third kappa shape index (κ3) is 32.3. The molecule has 69 heavy (non-hydrogen) atoms. The monoisotopic (exact) mass is 1150 g/mol. The van der Waals surface area contributed by atoms with Crippen molar-refractivity contribution < 1.29 is 67.5 Å². The van der Waals surface area contributed by atoms with Crippen molar-refractivity contribution in [1.29, 1.82) is 0 Å². The van der Waals surface area contributed by atoms with Gasteiger partial charge in [0.15, 0.2) is 0 Å². The maximum Gasteiger partial charge on any atom is 3.00 e. The molecule has 7 aromatic carbocycles. The smallest absolute Gasteiger partial charge is 0.497 e. The van der Waals surface area contributed by atoms with Crippen LogP contribution in [0, 0.1) is 0 Å². The third-order valence-electron chi connectivity index (χ3n) is 9.22. The largest absolute Gasteiger partial charge is 3.00 e. The zero-order chi connectivity index (χ0) is 48.0. The van der Waals surface area contributed by atoms with Crippen LogP contribution in [0.1, 0.15) is 47.9 Å². The molecule has 0 saturated heterocycles. The van der Waals surface area contributed by atoms with Crippen LogP contribution in [0.5, 0.6) is 11.5 Å². The average Bonchev–Trinajstić information content (AvgIpc) is 3.37. The molecule has 7 rings (SSSR count).